The molecule has 2 fully saturated rings. The number of rotatable bonds is 4. The van der Waals surface area contributed by atoms with E-state index in [0.29, 0.717) is 6.10 Å². The zero-order chi connectivity index (χ0) is 11.3. The Morgan fingerprint density at radius 3 is 2.31 bits per heavy atom. The maximum atomic E-state index is 6.03. The van der Waals surface area contributed by atoms with Crippen LogP contribution in [0.2, 0.25) is 0 Å². The van der Waals surface area contributed by atoms with Gasteiger partial charge in [-0.2, -0.15) is 12.6 Å². The molecule has 0 bridgehead atoms. The zero-order valence-electron chi connectivity index (χ0n) is 9.82. The highest BCUT2D eigenvalue weighted by Gasteiger charge is 2.32. The molecular weight excluding hydrogens is 224 g/mol. The number of hydrogen-bond donors (Lipinski definition) is 1. The summed E-state index contributed by atoms with van der Waals surface area (Å²) < 4.78 is 16.8. The third kappa shape index (κ3) is 3.36. The van der Waals surface area contributed by atoms with E-state index < -0.39 is 0 Å². The number of ether oxygens (including phenoxy) is 3. The monoisotopic (exact) mass is 246 g/mol. The lowest BCUT2D eigenvalue weighted by Crippen LogP contribution is -2.38. The van der Waals surface area contributed by atoms with Gasteiger partial charge in [0.05, 0.1) is 12.7 Å². The molecule has 2 aliphatic heterocycles. The van der Waals surface area contributed by atoms with Crippen LogP contribution in [0.1, 0.15) is 25.7 Å². The van der Waals surface area contributed by atoms with Gasteiger partial charge in [-0.05, 0) is 31.4 Å². The fraction of sp³-hybridized carbons (Fsp3) is 1.00. The molecule has 2 heterocycles. The lowest BCUT2D eigenvalue weighted by Gasteiger charge is -2.37. The molecule has 0 aromatic rings. The van der Waals surface area contributed by atoms with E-state index in [0.717, 1.165) is 64.5 Å². The Morgan fingerprint density at radius 2 is 1.69 bits per heavy atom. The molecule has 3 nitrogen and oxygen atoms in total. The molecule has 2 rings (SSSR count). The van der Waals surface area contributed by atoms with Crippen molar-refractivity contribution in [1.82, 2.24) is 0 Å². The Hall–Kier alpha value is 0.230. The SMILES string of the molecule is SCC1(COC2CCOCC2)CCOCC1. The second-order valence-electron chi connectivity index (χ2n) is 4.89. The maximum Gasteiger partial charge on any atom is 0.0619 e. The predicted octanol–water partition coefficient (Wildman–Crippen LogP) is 1.91. The van der Waals surface area contributed by atoms with Gasteiger partial charge < -0.3 is 14.2 Å². The first-order chi connectivity index (χ1) is 7.85. The molecule has 2 aliphatic rings. The minimum atomic E-state index is 0.250. The van der Waals surface area contributed by atoms with Crippen molar-refractivity contribution < 1.29 is 14.2 Å². The minimum absolute atomic E-state index is 0.250. The Balaban J connectivity index is 1.77. The molecular formula is C12H22O3S. The van der Waals surface area contributed by atoms with Gasteiger partial charge in [-0.3, -0.25) is 0 Å². The van der Waals surface area contributed by atoms with Crippen molar-refractivity contribution in [3.63, 3.8) is 0 Å². The topological polar surface area (TPSA) is 27.7 Å². The first-order valence-corrected chi connectivity index (χ1v) is 6.86. The Morgan fingerprint density at radius 1 is 1.06 bits per heavy atom. The van der Waals surface area contributed by atoms with Crippen molar-refractivity contribution >= 4 is 12.6 Å². The van der Waals surface area contributed by atoms with E-state index in [2.05, 4.69) is 12.6 Å². The van der Waals surface area contributed by atoms with Crippen LogP contribution in [-0.4, -0.2) is 44.9 Å². The zero-order valence-corrected chi connectivity index (χ0v) is 10.7. The second kappa shape index (κ2) is 6.24. The molecule has 0 atom stereocenters. The van der Waals surface area contributed by atoms with Crippen molar-refractivity contribution in [2.24, 2.45) is 5.41 Å². The minimum Gasteiger partial charge on any atom is -0.381 e. The van der Waals surface area contributed by atoms with E-state index in [1.165, 1.54) is 0 Å². The van der Waals surface area contributed by atoms with Gasteiger partial charge in [-0.15, -0.1) is 0 Å². The first-order valence-electron chi connectivity index (χ1n) is 6.23. The Bertz CT molecular complexity index is 198. The number of thiol groups is 1. The quantitative estimate of drug-likeness (QED) is 0.768. The van der Waals surface area contributed by atoms with Crippen molar-refractivity contribution in [3.05, 3.63) is 0 Å². The van der Waals surface area contributed by atoms with Crippen molar-refractivity contribution in [2.45, 2.75) is 31.8 Å². The van der Waals surface area contributed by atoms with Crippen LogP contribution in [0, 0.1) is 5.41 Å². The van der Waals surface area contributed by atoms with E-state index in [1.54, 1.807) is 0 Å². The number of hydrogen-bond acceptors (Lipinski definition) is 4. The predicted molar refractivity (Wildman–Crippen MR) is 66.1 cm³/mol. The lowest BCUT2D eigenvalue weighted by molar-refractivity contribution is -0.0816. The Kier molecular flexibility index (Phi) is 4.95. The van der Waals surface area contributed by atoms with Crippen molar-refractivity contribution in [1.29, 1.82) is 0 Å². The summed E-state index contributed by atoms with van der Waals surface area (Å²) in [7, 11) is 0. The van der Waals surface area contributed by atoms with Crippen LogP contribution in [0.15, 0.2) is 0 Å². The summed E-state index contributed by atoms with van der Waals surface area (Å²) in [5, 5.41) is 0. The van der Waals surface area contributed by atoms with Gasteiger partial charge in [0.1, 0.15) is 0 Å². The normalized spacial score (nSPS) is 26.8. The fourth-order valence-electron chi connectivity index (χ4n) is 2.29. The molecule has 0 aliphatic carbocycles. The standard InChI is InChI=1S/C12H22O3S/c16-10-12(3-7-14-8-4-12)9-15-11-1-5-13-6-2-11/h11,16H,1-10H2. The van der Waals surface area contributed by atoms with Crippen LogP contribution >= 0.6 is 12.6 Å². The maximum absolute atomic E-state index is 6.03. The first kappa shape index (κ1) is 12.7. The largest absolute Gasteiger partial charge is 0.381 e. The third-order valence-corrected chi connectivity index (χ3v) is 4.35. The molecule has 0 aromatic carbocycles. The molecule has 94 valence electrons. The van der Waals surface area contributed by atoms with Gasteiger partial charge >= 0.3 is 0 Å². The summed E-state index contributed by atoms with van der Waals surface area (Å²) in [5.41, 5.74) is 0.250. The smallest absolute Gasteiger partial charge is 0.0619 e. The molecule has 4 heteroatoms. The van der Waals surface area contributed by atoms with Crippen LogP contribution in [-0.2, 0) is 14.2 Å². The summed E-state index contributed by atoms with van der Waals surface area (Å²) in [6.45, 7) is 4.25. The highest BCUT2D eigenvalue weighted by atomic mass is 32.1. The van der Waals surface area contributed by atoms with Crippen LogP contribution in [0.5, 0.6) is 0 Å². The molecule has 0 N–H and O–H groups in total. The van der Waals surface area contributed by atoms with Crippen LogP contribution in [0.25, 0.3) is 0 Å². The van der Waals surface area contributed by atoms with Crippen molar-refractivity contribution in [3.8, 4) is 0 Å². The average molecular weight is 246 g/mol. The van der Waals surface area contributed by atoms with Gasteiger partial charge in [-0.1, -0.05) is 0 Å². The molecule has 0 unspecified atom stereocenters. The average Bonchev–Trinajstić information content (AvgIpc) is 2.39. The van der Waals surface area contributed by atoms with Crippen LogP contribution < -0.4 is 0 Å². The van der Waals surface area contributed by atoms with Crippen molar-refractivity contribution in [2.75, 3.05) is 38.8 Å². The van der Waals surface area contributed by atoms with Gasteiger partial charge in [0.2, 0.25) is 0 Å². The molecule has 0 radical (unpaired) electrons. The molecule has 0 spiro atoms. The van der Waals surface area contributed by atoms with E-state index >= 15 is 0 Å². The van der Waals surface area contributed by atoms with Gasteiger partial charge in [0.15, 0.2) is 0 Å². The van der Waals surface area contributed by atoms with Crippen LogP contribution in [0.4, 0.5) is 0 Å². The van der Waals surface area contributed by atoms with E-state index in [-0.39, 0.29) is 5.41 Å². The summed E-state index contributed by atoms with van der Waals surface area (Å²) in [4.78, 5) is 0. The summed E-state index contributed by atoms with van der Waals surface area (Å²) in [6.07, 6.45) is 4.64. The lowest BCUT2D eigenvalue weighted by atomic mass is 9.83. The molecule has 0 amide bonds. The van der Waals surface area contributed by atoms with Gasteiger partial charge in [-0.25, -0.2) is 0 Å². The molecule has 0 saturated carbocycles. The van der Waals surface area contributed by atoms with Gasteiger partial charge in [0.25, 0.3) is 0 Å². The van der Waals surface area contributed by atoms with E-state index in [4.69, 9.17) is 14.2 Å². The highest BCUT2D eigenvalue weighted by Crippen LogP contribution is 2.32. The van der Waals surface area contributed by atoms with E-state index in [9.17, 15) is 0 Å². The summed E-state index contributed by atoms with van der Waals surface area (Å²) in [5.74, 6) is 0.902. The molecule has 16 heavy (non-hydrogen) atoms. The highest BCUT2D eigenvalue weighted by molar-refractivity contribution is 7.80. The second-order valence-corrected chi connectivity index (χ2v) is 5.21. The summed E-state index contributed by atoms with van der Waals surface area (Å²) in [6, 6.07) is 0. The Labute approximate surface area is 103 Å². The van der Waals surface area contributed by atoms with Gasteiger partial charge in [0, 0.05) is 31.8 Å². The molecule has 0 aromatic heterocycles. The summed E-state index contributed by atoms with van der Waals surface area (Å²) >= 11 is 4.49. The molecule has 2 saturated heterocycles. The third-order valence-electron chi connectivity index (χ3n) is 3.68. The fourth-order valence-corrected chi connectivity index (χ4v) is 2.70. The van der Waals surface area contributed by atoms with Crippen LogP contribution in [0.3, 0.4) is 0 Å². The van der Waals surface area contributed by atoms with E-state index in [1.807, 2.05) is 0 Å².